The van der Waals surface area contributed by atoms with E-state index in [0.717, 1.165) is 47.8 Å². The number of benzene rings is 2. The quantitative estimate of drug-likeness (QED) is 0.721. The number of carboxylic acids is 1. The molecule has 0 spiro atoms. The van der Waals surface area contributed by atoms with Crippen molar-refractivity contribution in [2.24, 2.45) is 0 Å². The monoisotopic (exact) mass is 350 g/mol. The largest absolute Gasteiger partial charge is 0.489 e. The zero-order valence-corrected chi connectivity index (χ0v) is 14.2. The normalized spacial score (nSPS) is 13.4. The lowest BCUT2D eigenvalue weighted by Gasteiger charge is -2.16. The van der Waals surface area contributed by atoms with E-state index in [4.69, 9.17) is 14.3 Å². The Kier molecular flexibility index (Phi) is 4.21. The maximum absolute atomic E-state index is 12.2. The first-order valence-corrected chi connectivity index (χ1v) is 8.65. The third-order valence-electron chi connectivity index (χ3n) is 4.77. The lowest BCUT2D eigenvalue weighted by atomic mass is 9.91. The first-order chi connectivity index (χ1) is 12.6. The van der Waals surface area contributed by atoms with Gasteiger partial charge in [-0.05, 0) is 61.1 Å². The third-order valence-corrected chi connectivity index (χ3v) is 4.77. The van der Waals surface area contributed by atoms with Crippen LogP contribution in [0.15, 0.2) is 51.7 Å². The van der Waals surface area contributed by atoms with Crippen LogP contribution >= 0.6 is 0 Å². The number of hydrogen-bond donors (Lipinski definition) is 1. The summed E-state index contributed by atoms with van der Waals surface area (Å²) in [5, 5.41) is 10.0. The van der Waals surface area contributed by atoms with Gasteiger partial charge < -0.3 is 14.3 Å². The number of ether oxygens (including phenoxy) is 1. The Morgan fingerprint density at radius 1 is 1.08 bits per heavy atom. The molecule has 1 heterocycles. The average Bonchev–Trinajstić information content (AvgIpc) is 2.66. The van der Waals surface area contributed by atoms with Crippen LogP contribution in [0.5, 0.6) is 5.75 Å². The first kappa shape index (κ1) is 16.4. The van der Waals surface area contributed by atoms with Crippen molar-refractivity contribution in [2.75, 3.05) is 0 Å². The molecule has 0 saturated heterocycles. The number of carboxylic acid groups (broad SMARTS) is 1. The van der Waals surface area contributed by atoms with Gasteiger partial charge in [-0.3, -0.25) is 0 Å². The standard InChI is InChI=1S/C21H18O5/c22-20(23)14-5-3-4-13(10-14)12-25-15-8-9-17-16-6-1-2-7-18(16)21(24)26-19(17)11-15/h3-5,8-11H,1-2,6-7,12H2,(H,22,23). The lowest BCUT2D eigenvalue weighted by molar-refractivity contribution is 0.0696. The fourth-order valence-electron chi connectivity index (χ4n) is 3.48. The fourth-order valence-corrected chi connectivity index (χ4v) is 3.48. The molecule has 2 aromatic carbocycles. The number of carbonyl (C=O) groups is 1. The van der Waals surface area contributed by atoms with Crippen molar-refractivity contribution in [1.29, 1.82) is 0 Å². The Morgan fingerprint density at radius 2 is 1.88 bits per heavy atom. The van der Waals surface area contributed by atoms with Gasteiger partial charge in [0, 0.05) is 17.0 Å². The molecule has 1 aliphatic rings. The molecule has 0 aliphatic heterocycles. The minimum Gasteiger partial charge on any atom is -0.489 e. The molecule has 0 saturated carbocycles. The summed E-state index contributed by atoms with van der Waals surface area (Å²) in [6.45, 7) is 0.238. The van der Waals surface area contributed by atoms with Gasteiger partial charge in [-0.1, -0.05) is 12.1 Å². The molecule has 26 heavy (non-hydrogen) atoms. The van der Waals surface area contributed by atoms with Crippen LogP contribution in [0.3, 0.4) is 0 Å². The van der Waals surface area contributed by atoms with Gasteiger partial charge in [0.15, 0.2) is 0 Å². The minimum atomic E-state index is -0.968. The Labute approximate surface area is 149 Å². The molecule has 132 valence electrons. The van der Waals surface area contributed by atoms with Gasteiger partial charge in [0.25, 0.3) is 0 Å². The highest BCUT2D eigenvalue weighted by molar-refractivity contribution is 5.87. The van der Waals surface area contributed by atoms with Crippen LogP contribution in [0.2, 0.25) is 0 Å². The van der Waals surface area contributed by atoms with Gasteiger partial charge in [0.1, 0.15) is 17.9 Å². The number of rotatable bonds is 4. The van der Waals surface area contributed by atoms with Crippen molar-refractivity contribution in [3.63, 3.8) is 0 Å². The Bertz CT molecular complexity index is 1050. The fraction of sp³-hybridized carbons (Fsp3) is 0.238. The van der Waals surface area contributed by atoms with Gasteiger partial charge in [-0.2, -0.15) is 0 Å². The molecule has 5 nitrogen and oxygen atoms in total. The van der Waals surface area contributed by atoms with E-state index in [1.807, 2.05) is 18.2 Å². The van der Waals surface area contributed by atoms with E-state index in [9.17, 15) is 9.59 Å². The van der Waals surface area contributed by atoms with Gasteiger partial charge in [0.2, 0.25) is 0 Å². The van der Waals surface area contributed by atoms with Gasteiger partial charge in [-0.25, -0.2) is 9.59 Å². The zero-order chi connectivity index (χ0) is 18.1. The topological polar surface area (TPSA) is 76.7 Å². The number of aryl methyl sites for hydroxylation is 1. The maximum Gasteiger partial charge on any atom is 0.339 e. The molecule has 4 rings (SSSR count). The summed E-state index contributed by atoms with van der Waals surface area (Å²) in [4.78, 5) is 23.2. The highest BCUT2D eigenvalue weighted by atomic mass is 16.5. The van der Waals surface area contributed by atoms with Crippen molar-refractivity contribution >= 4 is 16.9 Å². The van der Waals surface area contributed by atoms with Crippen LogP contribution in [0, 0.1) is 0 Å². The van der Waals surface area contributed by atoms with Crippen molar-refractivity contribution in [2.45, 2.75) is 32.3 Å². The summed E-state index contributed by atoms with van der Waals surface area (Å²) in [6.07, 6.45) is 3.80. The number of hydrogen-bond acceptors (Lipinski definition) is 4. The molecule has 0 bridgehead atoms. The van der Waals surface area contributed by atoms with Crippen molar-refractivity contribution in [1.82, 2.24) is 0 Å². The third kappa shape index (κ3) is 3.08. The predicted octanol–water partition coefficient (Wildman–Crippen LogP) is 3.95. The Balaban J connectivity index is 1.61. The molecule has 0 unspecified atom stereocenters. The Hall–Kier alpha value is -3.08. The second-order valence-corrected chi connectivity index (χ2v) is 6.51. The van der Waals surface area contributed by atoms with E-state index >= 15 is 0 Å². The molecule has 0 fully saturated rings. The summed E-state index contributed by atoms with van der Waals surface area (Å²) >= 11 is 0. The predicted molar refractivity (Wildman–Crippen MR) is 96.9 cm³/mol. The average molecular weight is 350 g/mol. The molecular formula is C21H18O5. The summed E-state index contributed by atoms with van der Waals surface area (Å²) in [6, 6.07) is 12.1. The molecular weight excluding hydrogens is 332 g/mol. The van der Waals surface area contributed by atoms with E-state index in [1.165, 1.54) is 0 Å². The van der Waals surface area contributed by atoms with Gasteiger partial charge >= 0.3 is 11.6 Å². The van der Waals surface area contributed by atoms with E-state index < -0.39 is 5.97 Å². The zero-order valence-electron chi connectivity index (χ0n) is 14.2. The first-order valence-electron chi connectivity index (χ1n) is 8.65. The van der Waals surface area contributed by atoms with Crippen LogP contribution in [0.1, 0.15) is 39.9 Å². The lowest BCUT2D eigenvalue weighted by Crippen LogP contribution is -2.15. The minimum absolute atomic E-state index is 0.224. The van der Waals surface area contributed by atoms with E-state index in [1.54, 1.807) is 24.3 Å². The molecule has 1 aliphatic carbocycles. The van der Waals surface area contributed by atoms with Crippen LogP contribution in [-0.4, -0.2) is 11.1 Å². The summed E-state index contributed by atoms with van der Waals surface area (Å²) < 4.78 is 11.3. The van der Waals surface area contributed by atoms with Crippen LogP contribution < -0.4 is 10.4 Å². The van der Waals surface area contributed by atoms with Crippen LogP contribution in [-0.2, 0) is 19.4 Å². The van der Waals surface area contributed by atoms with Crippen molar-refractivity contribution < 1.29 is 19.1 Å². The molecule has 1 N–H and O–H groups in total. The summed E-state index contributed by atoms with van der Waals surface area (Å²) in [5.41, 5.74) is 3.18. The maximum atomic E-state index is 12.2. The van der Waals surface area contributed by atoms with E-state index in [-0.39, 0.29) is 17.8 Å². The Morgan fingerprint density at radius 3 is 2.69 bits per heavy atom. The second kappa shape index (κ2) is 6.67. The number of aromatic carboxylic acids is 1. The SMILES string of the molecule is O=C(O)c1cccc(COc2ccc3c4c(c(=O)oc3c2)CCCC4)c1. The number of fused-ring (bicyclic) bond motifs is 3. The molecule has 0 amide bonds. The van der Waals surface area contributed by atoms with E-state index in [0.29, 0.717) is 11.3 Å². The molecule has 0 atom stereocenters. The van der Waals surface area contributed by atoms with E-state index in [2.05, 4.69) is 0 Å². The summed E-state index contributed by atoms with van der Waals surface area (Å²) in [5.74, 6) is -0.388. The van der Waals surface area contributed by atoms with Crippen LogP contribution in [0.25, 0.3) is 11.0 Å². The second-order valence-electron chi connectivity index (χ2n) is 6.51. The highest BCUT2D eigenvalue weighted by Crippen LogP contribution is 2.29. The smallest absolute Gasteiger partial charge is 0.339 e. The summed E-state index contributed by atoms with van der Waals surface area (Å²) in [7, 11) is 0. The van der Waals surface area contributed by atoms with Gasteiger partial charge in [0.05, 0.1) is 5.56 Å². The molecule has 1 aromatic heterocycles. The molecule has 0 radical (unpaired) electrons. The molecule has 5 heteroatoms. The van der Waals surface area contributed by atoms with Crippen molar-refractivity contribution in [3.8, 4) is 5.75 Å². The highest BCUT2D eigenvalue weighted by Gasteiger charge is 2.18. The van der Waals surface area contributed by atoms with Crippen LogP contribution in [0.4, 0.5) is 0 Å². The molecule has 3 aromatic rings. The van der Waals surface area contributed by atoms with Gasteiger partial charge in [-0.15, -0.1) is 0 Å². The van der Waals surface area contributed by atoms with Crippen molar-refractivity contribution in [3.05, 3.63) is 75.1 Å².